The number of Topliss-reactive ketones (excluding diaryl/α,β-unsaturated/α-hetero) is 1. The number of rotatable bonds is 5. The Balaban J connectivity index is 2.41. The first-order chi connectivity index (χ1) is 11.4. The molecule has 132 valence electrons. The minimum atomic E-state index is -0.686. The molecule has 1 aromatic rings. The van der Waals surface area contributed by atoms with Crippen molar-refractivity contribution < 1.29 is 14.3 Å². The van der Waals surface area contributed by atoms with E-state index in [9.17, 15) is 9.59 Å². The SMILES string of the molecule is COC(=O)C1C(=O)CC(C(C)C)N(Cc2ccccc2)C1C(C)C. The minimum absolute atomic E-state index is 0.0172. The van der Waals surface area contributed by atoms with Crippen molar-refractivity contribution in [3.63, 3.8) is 0 Å². The number of esters is 1. The van der Waals surface area contributed by atoms with Crippen LogP contribution < -0.4 is 0 Å². The van der Waals surface area contributed by atoms with Gasteiger partial charge >= 0.3 is 5.97 Å². The van der Waals surface area contributed by atoms with Gasteiger partial charge in [0.25, 0.3) is 0 Å². The molecule has 0 aromatic heterocycles. The van der Waals surface area contributed by atoms with Crippen LogP contribution in [-0.4, -0.2) is 35.8 Å². The van der Waals surface area contributed by atoms with E-state index >= 15 is 0 Å². The monoisotopic (exact) mass is 331 g/mol. The van der Waals surface area contributed by atoms with E-state index in [1.807, 2.05) is 18.2 Å². The van der Waals surface area contributed by atoms with E-state index < -0.39 is 11.9 Å². The Labute approximate surface area is 145 Å². The van der Waals surface area contributed by atoms with Gasteiger partial charge in [0.1, 0.15) is 11.7 Å². The van der Waals surface area contributed by atoms with Crippen molar-refractivity contribution in [2.45, 2.75) is 52.7 Å². The van der Waals surface area contributed by atoms with Gasteiger partial charge in [0.05, 0.1) is 7.11 Å². The van der Waals surface area contributed by atoms with Crippen LogP contribution in [0.5, 0.6) is 0 Å². The number of piperidine rings is 1. The van der Waals surface area contributed by atoms with Crippen LogP contribution in [0.2, 0.25) is 0 Å². The fraction of sp³-hybridized carbons (Fsp3) is 0.600. The largest absolute Gasteiger partial charge is 0.468 e. The first-order valence-corrected chi connectivity index (χ1v) is 8.77. The van der Waals surface area contributed by atoms with Crippen molar-refractivity contribution in [1.82, 2.24) is 4.90 Å². The van der Waals surface area contributed by atoms with Gasteiger partial charge in [-0.05, 0) is 17.4 Å². The van der Waals surface area contributed by atoms with Crippen LogP contribution in [0.3, 0.4) is 0 Å². The molecule has 1 aliphatic rings. The number of hydrogen-bond donors (Lipinski definition) is 0. The molecule has 0 saturated carbocycles. The van der Waals surface area contributed by atoms with Crippen LogP contribution in [-0.2, 0) is 20.9 Å². The zero-order valence-corrected chi connectivity index (χ0v) is 15.4. The molecule has 1 heterocycles. The standard InChI is InChI=1S/C20H29NO3/c1-13(2)16-11-17(22)18(20(23)24-5)19(14(3)4)21(16)12-15-9-7-6-8-10-15/h6-10,13-14,16,18-19H,11-12H2,1-5H3. The highest BCUT2D eigenvalue weighted by molar-refractivity contribution is 6.00. The van der Waals surface area contributed by atoms with Crippen LogP contribution in [0.4, 0.5) is 0 Å². The zero-order chi connectivity index (χ0) is 17.9. The summed E-state index contributed by atoms with van der Waals surface area (Å²) in [6.45, 7) is 9.19. The average Bonchev–Trinajstić information content (AvgIpc) is 2.55. The Kier molecular flexibility index (Phi) is 6.16. The first kappa shape index (κ1) is 18.7. The highest BCUT2D eigenvalue weighted by atomic mass is 16.5. The summed E-state index contributed by atoms with van der Waals surface area (Å²) in [6, 6.07) is 10.3. The predicted octanol–water partition coefficient (Wildman–Crippen LogP) is 3.30. The van der Waals surface area contributed by atoms with E-state index in [1.54, 1.807) is 0 Å². The summed E-state index contributed by atoms with van der Waals surface area (Å²) in [6.07, 6.45) is 0.410. The van der Waals surface area contributed by atoms with Gasteiger partial charge in [-0.2, -0.15) is 0 Å². The fourth-order valence-electron chi connectivity index (χ4n) is 3.85. The van der Waals surface area contributed by atoms with E-state index in [1.165, 1.54) is 12.7 Å². The van der Waals surface area contributed by atoms with Crippen molar-refractivity contribution in [2.75, 3.05) is 7.11 Å². The minimum Gasteiger partial charge on any atom is -0.468 e. The number of hydrogen-bond acceptors (Lipinski definition) is 4. The third-order valence-electron chi connectivity index (χ3n) is 5.02. The Hall–Kier alpha value is -1.68. The Morgan fingerprint density at radius 2 is 1.79 bits per heavy atom. The van der Waals surface area contributed by atoms with Gasteiger partial charge in [0.15, 0.2) is 0 Å². The Morgan fingerprint density at radius 3 is 2.29 bits per heavy atom. The van der Waals surface area contributed by atoms with E-state index in [4.69, 9.17) is 4.74 Å². The molecule has 1 aliphatic heterocycles. The maximum atomic E-state index is 12.7. The molecule has 1 aromatic carbocycles. The lowest BCUT2D eigenvalue weighted by atomic mass is 9.76. The van der Waals surface area contributed by atoms with Crippen LogP contribution in [0.25, 0.3) is 0 Å². The predicted molar refractivity (Wildman–Crippen MR) is 94.4 cm³/mol. The highest BCUT2D eigenvalue weighted by Crippen LogP contribution is 2.35. The second-order valence-corrected chi connectivity index (χ2v) is 7.38. The quantitative estimate of drug-likeness (QED) is 0.613. The summed E-state index contributed by atoms with van der Waals surface area (Å²) in [5.74, 6) is -0.544. The van der Waals surface area contributed by atoms with Crippen LogP contribution >= 0.6 is 0 Å². The van der Waals surface area contributed by atoms with Gasteiger partial charge in [-0.3, -0.25) is 14.5 Å². The van der Waals surface area contributed by atoms with E-state index in [0.717, 1.165) is 6.54 Å². The van der Waals surface area contributed by atoms with Crippen molar-refractivity contribution in [3.8, 4) is 0 Å². The summed E-state index contributed by atoms with van der Waals surface area (Å²) >= 11 is 0. The average molecular weight is 331 g/mol. The fourth-order valence-corrected chi connectivity index (χ4v) is 3.85. The number of carbonyl (C=O) groups excluding carboxylic acids is 2. The lowest BCUT2D eigenvalue weighted by Gasteiger charge is -2.48. The Bertz CT molecular complexity index is 568. The Morgan fingerprint density at radius 1 is 1.17 bits per heavy atom. The molecule has 0 spiro atoms. The maximum Gasteiger partial charge on any atom is 0.317 e. The molecular formula is C20H29NO3. The summed E-state index contributed by atoms with van der Waals surface area (Å²) in [7, 11) is 1.36. The molecule has 0 amide bonds. The number of nitrogens with zero attached hydrogens (tertiary/aromatic N) is 1. The second kappa shape index (κ2) is 7.93. The smallest absolute Gasteiger partial charge is 0.317 e. The lowest BCUT2D eigenvalue weighted by molar-refractivity contribution is -0.159. The van der Waals surface area contributed by atoms with Gasteiger partial charge in [0, 0.05) is 25.0 Å². The molecule has 4 heteroatoms. The second-order valence-electron chi connectivity index (χ2n) is 7.38. The molecule has 3 unspecified atom stereocenters. The number of methoxy groups -OCH3 is 1. The normalized spacial score (nSPS) is 25.3. The lowest BCUT2D eigenvalue weighted by Crippen LogP contribution is -2.60. The summed E-state index contributed by atoms with van der Waals surface area (Å²) < 4.78 is 4.95. The van der Waals surface area contributed by atoms with Gasteiger partial charge in [0.2, 0.25) is 0 Å². The molecule has 0 N–H and O–H groups in total. The first-order valence-electron chi connectivity index (χ1n) is 8.77. The third kappa shape index (κ3) is 3.86. The van der Waals surface area contributed by atoms with Crippen molar-refractivity contribution >= 4 is 11.8 Å². The molecule has 1 fully saturated rings. The molecule has 1 saturated heterocycles. The van der Waals surface area contributed by atoms with Gasteiger partial charge in [-0.15, -0.1) is 0 Å². The third-order valence-corrected chi connectivity index (χ3v) is 5.02. The van der Waals surface area contributed by atoms with Crippen LogP contribution in [0.15, 0.2) is 30.3 Å². The molecule has 0 bridgehead atoms. The van der Waals surface area contributed by atoms with E-state index in [2.05, 4.69) is 44.7 Å². The van der Waals surface area contributed by atoms with Crippen LogP contribution in [0.1, 0.15) is 39.7 Å². The van der Waals surface area contributed by atoms with E-state index in [0.29, 0.717) is 12.3 Å². The van der Waals surface area contributed by atoms with Crippen molar-refractivity contribution in [1.29, 1.82) is 0 Å². The molecule has 4 nitrogen and oxygen atoms in total. The molecule has 0 radical (unpaired) electrons. The van der Waals surface area contributed by atoms with Gasteiger partial charge < -0.3 is 4.74 Å². The zero-order valence-electron chi connectivity index (χ0n) is 15.4. The van der Waals surface area contributed by atoms with E-state index in [-0.39, 0.29) is 23.8 Å². The van der Waals surface area contributed by atoms with Gasteiger partial charge in [-0.25, -0.2) is 0 Å². The topological polar surface area (TPSA) is 46.6 Å². The number of ether oxygens (including phenoxy) is 1. The molecular weight excluding hydrogens is 302 g/mol. The number of ketones is 1. The molecule has 24 heavy (non-hydrogen) atoms. The maximum absolute atomic E-state index is 12.7. The summed E-state index contributed by atoms with van der Waals surface area (Å²) in [5, 5.41) is 0. The summed E-state index contributed by atoms with van der Waals surface area (Å²) in [4.78, 5) is 27.3. The molecule has 0 aliphatic carbocycles. The van der Waals surface area contributed by atoms with Gasteiger partial charge in [-0.1, -0.05) is 58.0 Å². The number of carbonyl (C=O) groups is 2. The van der Waals surface area contributed by atoms with Crippen molar-refractivity contribution in [3.05, 3.63) is 35.9 Å². The highest BCUT2D eigenvalue weighted by Gasteiger charge is 2.48. The molecule has 3 atom stereocenters. The van der Waals surface area contributed by atoms with Crippen molar-refractivity contribution in [2.24, 2.45) is 17.8 Å². The number of likely N-dealkylation sites (tertiary alicyclic amines) is 1. The summed E-state index contributed by atoms with van der Waals surface area (Å²) in [5.41, 5.74) is 1.20. The number of benzene rings is 1. The molecule has 2 rings (SSSR count). The van der Waals surface area contributed by atoms with Crippen LogP contribution in [0, 0.1) is 17.8 Å².